The highest BCUT2D eigenvalue weighted by Gasteiger charge is 2.39. The Morgan fingerprint density at radius 1 is 1.26 bits per heavy atom. The number of hydrogen-bond donors (Lipinski definition) is 4. The zero-order chi connectivity index (χ0) is 24.5. The Hall–Kier alpha value is -3.17. The van der Waals surface area contributed by atoms with Gasteiger partial charge in [0.05, 0.1) is 18.5 Å². The topological polar surface area (TPSA) is 95.1 Å². The molecule has 180 valence electrons. The van der Waals surface area contributed by atoms with Crippen LogP contribution in [0.2, 0.25) is 5.02 Å². The first-order valence-corrected chi connectivity index (χ1v) is 11.7. The van der Waals surface area contributed by atoms with Crippen molar-refractivity contribution in [3.8, 4) is 17.2 Å². The van der Waals surface area contributed by atoms with Gasteiger partial charge in [0.15, 0.2) is 5.11 Å². The first-order valence-electron chi connectivity index (χ1n) is 10.9. The van der Waals surface area contributed by atoms with Gasteiger partial charge in [-0.25, -0.2) is 0 Å². The van der Waals surface area contributed by atoms with Crippen LogP contribution < -0.4 is 25.6 Å². The van der Waals surface area contributed by atoms with E-state index in [1.165, 1.54) is 0 Å². The quantitative estimate of drug-likeness (QED) is 0.368. The van der Waals surface area contributed by atoms with Gasteiger partial charge in [-0.1, -0.05) is 11.6 Å². The van der Waals surface area contributed by atoms with Crippen molar-refractivity contribution in [3.63, 3.8) is 0 Å². The summed E-state index contributed by atoms with van der Waals surface area (Å²) in [6, 6.07) is 8.56. The number of fused-ring (bicyclic) bond motifs is 1. The van der Waals surface area contributed by atoms with E-state index in [0.717, 1.165) is 11.3 Å². The number of anilines is 1. The number of likely N-dealkylation sites (tertiary alicyclic amines) is 1. The third kappa shape index (κ3) is 5.00. The van der Waals surface area contributed by atoms with Crippen molar-refractivity contribution in [2.45, 2.75) is 32.3 Å². The lowest BCUT2D eigenvalue weighted by atomic mass is 9.87. The summed E-state index contributed by atoms with van der Waals surface area (Å²) in [5.41, 5.74) is 8.59. The third-order valence-corrected chi connectivity index (χ3v) is 6.68. The van der Waals surface area contributed by atoms with Crippen LogP contribution in [0.4, 0.5) is 5.69 Å². The van der Waals surface area contributed by atoms with Crippen LogP contribution in [-0.2, 0) is 4.79 Å². The zero-order valence-corrected chi connectivity index (χ0v) is 20.8. The molecule has 4 N–H and O–H groups in total. The van der Waals surface area contributed by atoms with Crippen molar-refractivity contribution >= 4 is 46.2 Å². The van der Waals surface area contributed by atoms with Crippen LogP contribution in [0.5, 0.6) is 17.2 Å². The summed E-state index contributed by atoms with van der Waals surface area (Å²) in [5.74, 6) is 1.40. The molecular weight excluding hydrogens is 476 g/mol. The van der Waals surface area contributed by atoms with Crippen LogP contribution in [0, 0.1) is 6.92 Å². The molecule has 2 aliphatic heterocycles. The number of thiocarbonyl (C=S) groups is 1. The fourth-order valence-electron chi connectivity index (χ4n) is 4.16. The number of ether oxygens (including phenoxy) is 2. The number of phenolic OH excluding ortho intramolecular Hbond substituents is 1. The number of carbonyl (C=O) groups excluding carboxylic acids is 1. The normalized spacial score (nSPS) is 16.1. The van der Waals surface area contributed by atoms with Gasteiger partial charge in [0.25, 0.3) is 0 Å². The number of phenols is 1. The predicted molar refractivity (Wildman–Crippen MR) is 136 cm³/mol. The molecular formula is C24H27ClN4O4S. The van der Waals surface area contributed by atoms with Gasteiger partial charge in [-0.15, -0.1) is 0 Å². The average Bonchev–Trinajstić information content (AvgIpc) is 2.80. The lowest BCUT2D eigenvalue weighted by Gasteiger charge is -2.42. The Morgan fingerprint density at radius 2 is 2.00 bits per heavy atom. The first-order chi connectivity index (χ1) is 16.2. The van der Waals surface area contributed by atoms with Gasteiger partial charge in [0.2, 0.25) is 5.91 Å². The van der Waals surface area contributed by atoms with Crippen molar-refractivity contribution in [1.82, 2.24) is 15.8 Å². The smallest absolute Gasteiger partial charge is 0.219 e. The van der Waals surface area contributed by atoms with Crippen LogP contribution in [0.25, 0.3) is 5.70 Å². The highest BCUT2D eigenvalue weighted by Crippen LogP contribution is 2.41. The summed E-state index contributed by atoms with van der Waals surface area (Å²) in [6.07, 6.45) is 3.30. The van der Waals surface area contributed by atoms with E-state index in [0.29, 0.717) is 58.8 Å². The number of hydrazine groups is 1. The van der Waals surface area contributed by atoms with Gasteiger partial charge in [0, 0.05) is 49.5 Å². The number of nitrogens with zero attached hydrogens (tertiary/aromatic N) is 1. The molecule has 1 saturated heterocycles. The molecule has 4 rings (SSSR count). The number of aromatic hydroxyl groups is 1. The number of nitrogens with one attached hydrogen (secondary N) is 3. The maximum atomic E-state index is 11.8. The zero-order valence-electron chi connectivity index (χ0n) is 19.2. The van der Waals surface area contributed by atoms with Gasteiger partial charge in [-0.3, -0.25) is 15.6 Å². The van der Waals surface area contributed by atoms with E-state index < -0.39 is 5.60 Å². The molecule has 0 saturated carbocycles. The molecule has 0 aromatic heterocycles. The van der Waals surface area contributed by atoms with Gasteiger partial charge in [0.1, 0.15) is 22.8 Å². The minimum absolute atomic E-state index is 0.0595. The molecule has 2 aliphatic rings. The molecule has 0 atom stereocenters. The number of aryl methyl sites for hydroxylation is 1. The van der Waals surface area contributed by atoms with Gasteiger partial charge < -0.3 is 24.8 Å². The third-order valence-electron chi connectivity index (χ3n) is 6.07. The van der Waals surface area contributed by atoms with Crippen molar-refractivity contribution in [3.05, 3.63) is 52.6 Å². The number of carbonyl (C=O) groups is 1. The summed E-state index contributed by atoms with van der Waals surface area (Å²) >= 11 is 11.7. The van der Waals surface area contributed by atoms with E-state index in [1.54, 1.807) is 38.3 Å². The predicted octanol–water partition coefficient (Wildman–Crippen LogP) is 3.97. The number of hydrogen-bond acceptors (Lipinski definition) is 6. The molecule has 1 amide bonds. The lowest BCUT2D eigenvalue weighted by Crippen LogP contribution is -2.50. The number of amides is 1. The van der Waals surface area contributed by atoms with Crippen LogP contribution >= 0.6 is 23.8 Å². The van der Waals surface area contributed by atoms with Crippen LogP contribution in [0.15, 0.2) is 36.4 Å². The summed E-state index contributed by atoms with van der Waals surface area (Å²) in [6.45, 7) is 4.69. The van der Waals surface area contributed by atoms with Crippen molar-refractivity contribution in [1.29, 1.82) is 0 Å². The lowest BCUT2D eigenvalue weighted by molar-refractivity contribution is -0.131. The van der Waals surface area contributed by atoms with Gasteiger partial charge >= 0.3 is 0 Å². The summed E-state index contributed by atoms with van der Waals surface area (Å²) < 4.78 is 11.8. The Kier molecular flexibility index (Phi) is 6.77. The second-order valence-electron chi connectivity index (χ2n) is 8.42. The number of piperidine rings is 1. The molecule has 1 fully saturated rings. The van der Waals surface area contributed by atoms with E-state index in [-0.39, 0.29) is 11.7 Å². The SMILES string of the molecule is COc1cc(Cl)c(C)cc1NC(=S)NNC1=CC2(CCN(C(C)=O)CC2)Oc2ccc(O)cc21. The maximum absolute atomic E-state index is 11.8. The van der Waals surface area contributed by atoms with Crippen molar-refractivity contribution in [2.75, 3.05) is 25.5 Å². The monoisotopic (exact) mass is 502 g/mol. The molecule has 2 heterocycles. The molecule has 2 aromatic carbocycles. The largest absolute Gasteiger partial charge is 0.508 e. The van der Waals surface area contributed by atoms with Gasteiger partial charge in [-0.2, -0.15) is 0 Å². The maximum Gasteiger partial charge on any atom is 0.219 e. The second kappa shape index (κ2) is 9.60. The minimum Gasteiger partial charge on any atom is -0.508 e. The molecule has 10 heteroatoms. The first kappa shape index (κ1) is 24.0. The second-order valence-corrected chi connectivity index (χ2v) is 9.23. The molecule has 34 heavy (non-hydrogen) atoms. The van der Waals surface area contributed by atoms with Crippen molar-refractivity contribution in [2.24, 2.45) is 0 Å². The summed E-state index contributed by atoms with van der Waals surface area (Å²) in [7, 11) is 1.56. The molecule has 0 bridgehead atoms. The molecule has 1 spiro atoms. The van der Waals surface area contributed by atoms with E-state index >= 15 is 0 Å². The Labute approximate surface area is 208 Å². The Bertz CT molecular complexity index is 1160. The molecule has 2 aromatic rings. The fraction of sp³-hybridized carbons (Fsp3) is 0.333. The van der Waals surface area contributed by atoms with E-state index in [1.807, 2.05) is 24.0 Å². The van der Waals surface area contributed by atoms with E-state index in [4.69, 9.17) is 33.3 Å². The Morgan fingerprint density at radius 3 is 2.68 bits per heavy atom. The summed E-state index contributed by atoms with van der Waals surface area (Å²) in [4.78, 5) is 13.6. The van der Waals surface area contributed by atoms with Crippen molar-refractivity contribution < 1.29 is 19.4 Å². The Balaban J connectivity index is 1.53. The van der Waals surface area contributed by atoms with Crippen LogP contribution in [-0.4, -0.2) is 46.8 Å². The number of halogens is 1. The van der Waals surface area contributed by atoms with Crippen LogP contribution in [0.3, 0.4) is 0 Å². The van der Waals surface area contributed by atoms with Gasteiger partial charge in [-0.05, 0) is 55.0 Å². The summed E-state index contributed by atoms with van der Waals surface area (Å²) in [5, 5.41) is 14.1. The standard InChI is InChI=1S/C24H27ClN4O4S/c1-14-10-19(22(32-3)12-18(14)25)26-23(34)28-27-20-13-24(6-8-29(9-7-24)15(2)30)33-21-5-4-16(31)11-17(20)21/h4-5,10-13,27,31H,6-9H2,1-3H3,(H2,26,28,34). The highest BCUT2D eigenvalue weighted by molar-refractivity contribution is 7.80. The average molecular weight is 503 g/mol. The molecule has 0 unspecified atom stereocenters. The van der Waals surface area contributed by atoms with E-state index in [9.17, 15) is 9.90 Å². The molecule has 8 nitrogen and oxygen atoms in total. The minimum atomic E-state index is -0.564. The number of methoxy groups -OCH3 is 1. The fourth-order valence-corrected chi connectivity index (χ4v) is 4.48. The van der Waals surface area contributed by atoms with E-state index in [2.05, 4.69) is 16.2 Å². The molecule has 0 aliphatic carbocycles. The highest BCUT2D eigenvalue weighted by atomic mass is 35.5. The molecule has 0 radical (unpaired) electrons. The number of rotatable bonds is 4. The number of benzene rings is 2. The van der Waals surface area contributed by atoms with Crippen LogP contribution in [0.1, 0.15) is 30.9 Å².